The SMILES string of the molecule is C(=C(\Oc1ccccc1)c1ccccc1)/c1ccccc1. The van der Waals surface area contributed by atoms with E-state index in [9.17, 15) is 0 Å². The highest BCUT2D eigenvalue weighted by atomic mass is 16.5. The summed E-state index contributed by atoms with van der Waals surface area (Å²) in [5.74, 6) is 1.68. The van der Waals surface area contributed by atoms with Gasteiger partial charge in [0.1, 0.15) is 11.5 Å². The first-order chi connectivity index (χ1) is 10.4. The first-order valence-electron chi connectivity index (χ1n) is 6.97. The van der Waals surface area contributed by atoms with Crippen LogP contribution in [0.15, 0.2) is 91.0 Å². The molecule has 1 nitrogen and oxygen atoms in total. The second-order valence-corrected chi connectivity index (χ2v) is 4.70. The Hall–Kier alpha value is -2.80. The highest BCUT2D eigenvalue weighted by Crippen LogP contribution is 2.23. The van der Waals surface area contributed by atoms with E-state index in [-0.39, 0.29) is 0 Å². The van der Waals surface area contributed by atoms with Gasteiger partial charge in [-0.25, -0.2) is 0 Å². The van der Waals surface area contributed by atoms with E-state index in [4.69, 9.17) is 4.74 Å². The Bertz CT molecular complexity index is 701. The topological polar surface area (TPSA) is 9.23 Å². The Kier molecular flexibility index (Phi) is 4.13. The fraction of sp³-hybridized carbons (Fsp3) is 0. The van der Waals surface area contributed by atoms with E-state index in [0.29, 0.717) is 0 Å². The molecule has 3 aromatic rings. The minimum Gasteiger partial charge on any atom is -0.457 e. The van der Waals surface area contributed by atoms with Gasteiger partial charge in [0.15, 0.2) is 0 Å². The molecule has 0 aliphatic carbocycles. The summed E-state index contributed by atoms with van der Waals surface area (Å²) in [4.78, 5) is 0. The van der Waals surface area contributed by atoms with Gasteiger partial charge < -0.3 is 4.74 Å². The number of hydrogen-bond acceptors (Lipinski definition) is 1. The first-order valence-corrected chi connectivity index (χ1v) is 6.97. The van der Waals surface area contributed by atoms with E-state index in [2.05, 4.69) is 30.3 Å². The van der Waals surface area contributed by atoms with Gasteiger partial charge in [-0.15, -0.1) is 0 Å². The van der Waals surface area contributed by atoms with Crippen molar-refractivity contribution in [3.8, 4) is 5.75 Å². The van der Waals surface area contributed by atoms with Crippen LogP contribution in [0.25, 0.3) is 11.8 Å². The molecule has 0 amide bonds. The molecule has 0 unspecified atom stereocenters. The third kappa shape index (κ3) is 3.61. The molecule has 0 saturated heterocycles. The molecule has 1 heteroatoms. The van der Waals surface area contributed by atoms with Crippen molar-refractivity contribution in [2.75, 3.05) is 0 Å². The Balaban J connectivity index is 1.97. The van der Waals surface area contributed by atoms with E-state index >= 15 is 0 Å². The van der Waals surface area contributed by atoms with E-state index in [1.807, 2.05) is 66.7 Å². The molecule has 0 aliphatic rings. The van der Waals surface area contributed by atoms with Gasteiger partial charge in [0.25, 0.3) is 0 Å². The van der Waals surface area contributed by atoms with Gasteiger partial charge in [-0.3, -0.25) is 0 Å². The highest BCUT2D eigenvalue weighted by Gasteiger charge is 2.04. The second kappa shape index (κ2) is 6.58. The van der Waals surface area contributed by atoms with Gasteiger partial charge in [-0.1, -0.05) is 78.9 Å². The van der Waals surface area contributed by atoms with Crippen LogP contribution in [0.2, 0.25) is 0 Å². The lowest BCUT2D eigenvalue weighted by atomic mass is 10.1. The average molecular weight is 272 g/mol. The molecule has 0 aliphatic heterocycles. The summed E-state index contributed by atoms with van der Waals surface area (Å²) in [6.45, 7) is 0. The van der Waals surface area contributed by atoms with Crippen molar-refractivity contribution in [1.82, 2.24) is 0 Å². The normalized spacial score (nSPS) is 11.1. The van der Waals surface area contributed by atoms with Gasteiger partial charge in [-0.2, -0.15) is 0 Å². The summed E-state index contributed by atoms with van der Waals surface area (Å²) in [7, 11) is 0. The molecule has 102 valence electrons. The van der Waals surface area contributed by atoms with Gasteiger partial charge in [0.2, 0.25) is 0 Å². The molecular weight excluding hydrogens is 256 g/mol. The maximum absolute atomic E-state index is 6.07. The minimum absolute atomic E-state index is 0.837. The van der Waals surface area contributed by atoms with Crippen LogP contribution in [0.4, 0.5) is 0 Å². The van der Waals surface area contributed by atoms with Crippen LogP contribution in [-0.2, 0) is 0 Å². The Morgan fingerprint density at radius 3 is 1.76 bits per heavy atom. The van der Waals surface area contributed by atoms with Crippen molar-refractivity contribution in [2.45, 2.75) is 0 Å². The van der Waals surface area contributed by atoms with Gasteiger partial charge >= 0.3 is 0 Å². The van der Waals surface area contributed by atoms with Crippen LogP contribution < -0.4 is 4.74 Å². The van der Waals surface area contributed by atoms with Crippen LogP contribution in [-0.4, -0.2) is 0 Å². The predicted octanol–water partition coefficient (Wildman–Crippen LogP) is 5.26. The third-order valence-corrected chi connectivity index (χ3v) is 3.13. The fourth-order valence-corrected chi connectivity index (χ4v) is 2.09. The van der Waals surface area contributed by atoms with Gasteiger partial charge in [0.05, 0.1) is 0 Å². The molecule has 21 heavy (non-hydrogen) atoms. The lowest BCUT2D eigenvalue weighted by Gasteiger charge is -2.10. The number of benzene rings is 3. The number of hydrogen-bond donors (Lipinski definition) is 0. The third-order valence-electron chi connectivity index (χ3n) is 3.13. The molecule has 0 heterocycles. The van der Waals surface area contributed by atoms with Crippen molar-refractivity contribution in [3.05, 3.63) is 102 Å². The van der Waals surface area contributed by atoms with E-state index < -0.39 is 0 Å². The molecule has 0 N–H and O–H groups in total. The van der Waals surface area contributed by atoms with E-state index in [0.717, 1.165) is 22.6 Å². The number of para-hydroxylation sites is 1. The molecule has 0 radical (unpaired) electrons. The molecule has 0 atom stereocenters. The largest absolute Gasteiger partial charge is 0.457 e. The summed E-state index contributed by atoms with van der Waals surface area (Å²) < 4.78 is 6.07. The first kappa shape index (κ1) is 13.2. The van der Waals surface area contributed by atoms with Crippen LogP contribution in [0.5, 0.6) is 5.75 Å². The Morgan fingerprint density at radius 2 is 1.14 bits per heavy atom. The highest BCUT2D eigenvalue weighted by molar-refractivity contribution is 5.78. The lowest BCUT2D eigenvalue weighted by molar-refractivity contribution is 0.518. The molecule has 0 spiro atoms. The van der Waals surface area contributed by atoms with Gasteiger partial charge in [-0.05, 0) is 23.8 Å². The van der Waals surface area contributed by atoms with Crippen LogP contribution in [0, 0.1) is 0 Å². The molecule has 0 bridgehead atoms. The zero-order chi connectivity index (χ0) is 14.3. The van der Waals surface area contributed by atoms with Gasteiger partial charge in [0, 0.05) is 5.56 Å². The smallest absolute Gasteiger partial charge is 0.135 e. The van der Waals surface area contributed by atoms with Crippen LogP contribution in [0.3, 0.4) is 0 Å². The van der Waals surface area contributed by atoms with Crippen molar-refractivity contribution < 1.29 is 4.74 Å². The maximum Gasteiger partial charge on any atom is 0.135 e. The average Bonchev–Trinajstić information content (AvgIpc) is 2.57. The quantitative estimate of drug-likeness (QED) is 0.465. The zero-order valence-electron chi connectivity index (χ0n) is 11.6. The molecule has 0 aromatic heterocycles. The van der Waals surface area contributed by atoms with Crippen LogP contribution in [0.1, 0.15) is 11.1 Å². The van der Waals surface area contributed by atoms with Crippen LogP contribution >= 0.6 is 0 Å². The van der Waals surface area contributed by atoms with Crippen molar-refractivity contribution in [1.29, 1.82) is 0 Å². The summed E-state index contributed by atoms with van der Waals surface area (Å²) in [5.41, 5.74) is 2.18. The fourth-order valence-electron chi connectivity index (χ4n) is 2.09. The predicted molar refractivity (Wildman–Crippen MR) is 87.8 cm³/mol. The van der Waals surface area contributed by atoms with Crippen molar-refractivity contribution in [3.63, 3.8) is 0 Å². The van der Waals surface area contributed by atoms with E-state index in [1.54, 1.807) is 0 Å². The molecule has 3 rings (SSSR count). The molecular formula is C20H16O. The number of ether oxygens (including phenoxy) is 1. The number of rotatable bonds is 4. The monoisotopic (exact) mass is 272 g/mol. The van der Waals surface area contributed by atoms with E-state index in [1.165, 1.54) is 0 Å². The Labute approximate surface area is 125 Å². The summed E-state index contributed by atoms with van der Waals surface area (Å²) in [6, 6.07) is 30.2. The second-order valence-electron chi connectivity index (χ2n) is 4.70. The Morgan fingerprint density at radius 1 is 0.619 bits per heavy atom. The molecule has 0 saturated carbocycles. The lowest BCUT2D eigenvalue weighted by Crippen LogP contribution is -1.94. The summed E-state index contributed by atoms with van der Waals surface area (Å²) in [6.07, 6.45) is 2.06. The zero-order valence-corrected chi connectivity index (χ0v) is 11.6. The standard InChI is InChI=1S/C20H16O/c1-4-10-17(11-5-1)16-20(18-12-6-2-7-13-18)21-19-14-8-3-9-15-19/h1-16H/b20-16+. The summed E-state index contributed by atoms with van der Waals surface area (Å²) in [5, 5.41) is 0. The van der Waals surface area contributed by atoms with Crippen molar-refractivity contribution >= 4 is 11.8 Å². The minimum atomic E-state index is 0.837. The molecule has 0 fully saturated rings. The maximum atomic E-state index is 6.07. The summed E-state index contributed by atoms with van der Waals surface area (Å²) >= 11 is 0. The molecule has 3 aromatic carbocycles. The van der Waals surface area contributed by atoms with Crippen molar-refractivity contribution in [2.24, 2.45) is 0 Å².